The predicted octanol–water partition coefficient (Wildman–Crippen LogP) is 1.16. The van der Waals surface area contributed by atoms with Crippen LogP contribution in [0.1, 0.15) is 20.7 Å². The van der Waals surface area contributed by atoms with Crippen LogP contribution in [0.4, 0.5) is 0 Å². The van der Waals surface area contributed by atoms with Gasteiger partial charge in [-0.3, -0.25) is 0 Å². The summed E-state index contributed by atoms with van der Waals surface area (Å²) in [6.07, 6.45) is 0. The molecule has 0 N–H and O–H groups in total. The maximum atomic E-state index is 10.6. The quantitative estimate of drug-likeness (QED) is 0.449. The molecule has 0 radical (unpaired) electrons. The molecule has 0 aliphatic heterocycles. The van der Waals surface area contributed by atoms with E-state index in [0.29, 0.717) is 0 Å². The van der Waals surface area contributed by atoms with Crippen molar-refractivity contribution in [1.29, 1.82) is 0 Å². The first-order valence-corrected chi connectivity index (χ1v) is 6.44. The first-order valence-electron chi connectivity index (χ1n) is 5.68. The molecule has 2 aromatic rings. The zero-order valence-corrected chi connectivity index (χ0v) is 14.5. The number of benzene rings is 2. The summed E-state index contributed by atoms with van der Waals surface area (Å²) < 4.78 is 0. The van der Waals surface area contributed by atoms with Gasteiger partial charge in [0, 0.05) is 0 Å². The molecule has 116 valence electrons. The molecule has 0 heterocycles. The Kier molecular flexibility index (Phi) is 10.6. The molecule has 0 bridgehead atoms. The van der Waals surface area contributed by atoms with Crippen molar-refractivity contribution in [2.75, 3.05) is 0 Å². The molecule has 0 aliphatic carbocycles. The average Bonchev–Trinajstić information content (AvgIpc) is 2.55. The van der Waals surface area contributed by atoms with Crippen LogP contribution < -0.4 is 10.5 Å². The summed E-state index contributed by atoms with van der Waals surface area (Å²) in [6.45, 7) is 0. The second-order valence-electron chi connectivity index (χ2n) is 3.70. The van der Waals surface area contributed by atoms with E-state index < -0.39 is 11.9 Å². The maximum absolute atomic E-state index is 10.6. The third kappa shape index (κ3) is 6.74. The van der Waals surface area contributed by atoms with Gasteiger partial charge in [0.25, 0.3) is 0 Å². The number of carbonyl (C=O) groups excluding carboxylic acids is 2. The van der Waals surface area contributed by atoms with Crippen LogP contribution in [0.5, 0.6) is 0 Å². The predicted molar refractivity (Wildman–Crippen MR) is 79.5 cm³/mol. The van der Waals surface area contributed by atoms with Gasteiger partial charge in [0.15, 0.2) is 0 Å². The minimum atomic E-state index is -0.962. The molecule has 0 aliphatic rings. The summed E-state index contributed by atoms with van der Waals surface area (Å²) in [7, 11) is 0. The van der Waals surface area contributed by atoms with Gasteiger partial charge in [-0.25, -0.2) is 9.59 Å². The normalized spacial score (nSPS) is 8.87. The molecule has 0 saturated carbocycles. The Morgan fingerprint density at radius 3 is 1.30 bits per heavy atom. The fourth-order valence-corrected chi connectivity index (χ4v) is 1.77. The van der Waals surface area contributed by atoms with Crippen molar-refractivity contribution in [3.8, 4) is 0 Å². The zero-order valence-electron chi connectivity index (χ0n) is 11.5. The van der Waals surface area contributed by atoms with Crippen molar-refractivity contribution in [3.63, 3.8) is 0 Å². The maximum Gasteiger partial charge on any atom is 2.00 e. The third-order valence-electron chi connectivity index (χ3n) is 2.34. The van der Waals surface area contributed by atoms with Gasteiger partial charge < -0.3 is 20.3 Å². The molecule has 2 aromatic carbocycles. The average molecular weight is 367 g/mol. The molecule has 0 aromatic heterocycles. The summed E-state index contributed by atoms with van der Waals surface area (Å²) in [4.78, 5) is 27.7. The van der Waals surface area contributed by atoms with Crippen molar-refractivity contribution in [2.45, 2.75) is 0 Å². The first kappa shape index (κ1) is 21.6. The van der Waals surface area contributed by atoms with Crippen molar-refractivity contribution in [3.05, 3.63) is 69.7 Å². The molecule has 9 heteroatoms. The van der Waals surface area contributed by atoms with Gasteiger partial charge in [0.05, 0.1) is 21.2 Å². The van der Waals surface area contributed by atoms with E-state index in [9.17, 15) is 20.1 Å². The largest absolute Gasteiger partial charge is 2.00 e. The summed E-state index contributed by atoms with van der Waals surface area (Å²) in [5, 5.41) is 19.8. The SMILES string of the molecule is O=C(O[O-])c1ccccc1Cl.O=C(O[O-])c1ccccc1Cl.[Mg+2]. The topological polar surface area (TPSA) is 98.7 Å². The van der Waals surface area contributed by atoms with Gasteiger partial charge in [0.2, 0.25) is 0 Å². The Morgan fingerprint density at radius 2 is 1.04 bits per heavy atom. The molecule has 0 atom stereocenters. The van der Waals surface area contributed by atoms with E-state index >= 15 is 0 Å². The van der Waals surface area contributed by atoms with Crippen molar-refractivity contribution in [2.24, 2.45) is 0 Å². The molecule has 0 fully saturated rings. The van der Waals surface area contributed by atoms with Crippen LogP contribution in [-0.4, -0.2) is 35.0 Å². The van der Waals surface area contributed by atoms with E-state index in [4.69, 9.17) is 23.2 Å². The second kappa shape index (κ2) is 11.2. The Hall–Kier alpha value is -1.35. The molecule has 23 heavy (non-hydrogen) atoms. The Balaban J connectivity index is 0.000000403. The van der Waals surface area contributed by atoms with E-state index in [1.807, 2.05) is 0 Å². The minimum Gasteiger partial charge on any atom is -0.661 e. The summed E-state index contributed by atoms with van der Waals surface area (Å²) in [5.41, 5.74) is 0.174. The monoisotopic (exact) mass is 366 g/mol. The van der Waals surface area contributed by atoms with Crippen molar-refractivity contribution in [1.82, 2.24) is 0 Å². The van der Waals surface area contributed by atoms with E-state index in [-0.39, 0.29) is 44.2 Å². The van der Waals surface area contributed by atoms with Gasteiger partial charge in [0.1, 0.15) is 0 Å². The van der Waals surface area contributed by atoms with Crippen LogP contribution in [0, 0.1) is 0 Å². The number of hydrogen-bond donors (Lipinski definition) is 0. The molecule has 2 rings (SSSR count). The fraction of sp³-hybridized carbons (Fsp3) is 0. The summed E-state index contributed by atoms with van der Waals surface area (Å²) in [6, 6.07) is 12.4. The van der Waals surface area contributed by atoms with Gasteiger partial charge in [-0.15, -0.1) is 0 Å². The Labute approximate surface area is 157 Å². The van der Waals surface area contributed by atoms with Gasteiger partial charge in [-0.2, -0.15) is 0 Å². The standard InChI is InChI=1S/2C7H5ClO3.Mg/c2*8-6-4-2-1-3-5(6)7(9)11-10;/h2*1-4,10H;/q;;+2/p-2. The van der Waals surface area contributed by atoms with Crippen LogP contribution in [0.2, 0.25) is 10.0 Å². The smallest absolute Gasteiger partial charge is 0.661 e. The van der Waals surface area contributed by atoms with E-state index in [1.165, 1.54) is 24.3 Å². The molecule has 0 saturated heterocycles. The number of carbonyl (C=O) groups is 2. The van der Waals surface area contributed by atoms with Gasteiger partial charge in [-0.1, -0.05) is 47.5 Å². The third-order valence-corrected chi connectivity index (χ3v) is 3.00. The molecule has 0 amide bonds. The van der Waals surface area contributed by atoms with Crippen molar-refractivity contribution < 1.29 is 29.9 Å². The van der Waals surface area contributed by atoms with Crippen LogP contribution in [0.15, 0.2) is 48.5 Å². The molecular weight excluding hydrogens is 359 g/mol. The van der Waals surface area contributed by atoms with Gasteiger partial charge in [-0.05, 0) is 24.3 Å². The molecule has 0 unspecified atom stereocenters. The van der Waals surface area contributed by atoms with E-state index in [0.717, 1.165) is 0 Å². The Morgan fingerprint density at radius 1 is 0.739 bits per heavy atom. The second-order valence-corrected chi connectivity index (χ2v) is 4.52. The zero-order chi connectivity index (χ0) is 16.5. The fourth-order valence-electron chi connectivity index (χ4n) is 1.34. The van der Waals surface area contributed by atoms with Crippen molar-refractivity contribution >= 4 is 58.2 Å². The van der Waals surface area contributed by atoms with Crippen LogP contribution in [0.25, 0.3) is 0 Å². The molecule has 0 spiro atoms. The first-order chi connectivity index (χ1) is 10.5. The number of rotatable bonds is 2. The molecule has 6 nitrogen and oxygen atoms in total. The van der Waals surface area contributed by atoms with Crippen LogP contribution >= 0.6 is 23.2 Å². The van der Waals surface area contributed by atoms with Gasteiger partial charge >= 0.3 is 35.0 Å². The van der Waals surface area contributed by atoms with Crippen LogP contribution in [0.3, 0.4) is 0 Å². The van der Waals surface area contributed by atoms with E-state index in [1.54, 1.807) is 24.3 Å². The molecular formula is C14H8Cl2MgO6. The Bertz CT molecular complexity index is 608. The number of halogens is 2. The summed E-state index contributed by atoms with van der Waals surface area (Å²) in [5.74, 6) is -1.92. The minimum absolute atomic E-state index is 0. The van der Waals surface area contributed by atoms with Crippen LogP contribution in [-0.2, 0) is 9.78 Å². The van der Waals surface area contributed by atoms with E-state index in [2.05, 4.69) is 9.78 Å². The summed E-state index contributed by atoms with van der Waals surface area (Å²) >= 11 is 11.1. The number of hydrogen-bond acceptors (Lipinski definition) is 6.